The molecule has 0 N–H and O–H groups in total. The average Bonchev–Trinajstić information content (AvgIpc) is 1.35. The van der Waals surface area contributed by atoms with Crippen LogP contribution in [-0.4, -0.2) is 18.3 Å². The summed E-state index contributed by atoms with van der Waals surface area (Å²) in [6, 6.07) is 2.08. The Bertz CT molecular complexity index is 66.6. The van der Waals surface area contributed by atoms with Gasteiger partial charge >= 0.3 is 0 Å². The predicted octanol–water partition coefficient (Wildman–Crippen LogP) is -2.61. The van der Waals surface area contributed by atoms with Crippen molar-refractivity contribution in [3.8, 4) is 6.07 Å². The molecular weight excluding hydrogens is 174 g/mol. The van der Waals surface area contributed by atoms with E-state index in [9.17, 15) is 0 Å². The van der Waals surface area contributed by atoms with Crippen molar-refractivity contribution in [2.75, 3.05) is 18.3 Å². The molecule has 0 fully saturated rings. The molecule has 0 saturated heterocycles. The number of hydrogen-bond acceptors (Lipinski definition) is 1. The molecule has 42 valence electrons. The fourth-order valence-corrected chi connectivity index (χ4v) is 0.387. The minimum Gasteiger partial charge on any atom is -1.00 e. The van der Waals surface area contributed by atoms with E-state index in [1.54, 1.807) is 0 Å². The van der Waals surface area contributed by atoms with E-state index in [1.807, 2.05) is 0 Å². The van der Waals surface area contributed by atoms with Crippen LogP contribution < -0.4 is 17.0 Å². The molecule has 3 heteroatoms. The molecule has 1 nitrogen and oxygen atoms in total. The highest BCUT2D eigenvalue weighted by molar-refractivity contribution is 7.95. The minimum atomic E-state index is 0. The highest BCUT2D eigenvalue weighted by atomic mass is 79.9. The van der Waals surface area contributed by atoms with E-state index in [0.717, 1.165) is 0 Å². The summed E-state index contributed by atoms with van der Waals surface area (Å²) in [6.45, 7) is 0. The first-order chi connectivity index (χ1) is 2.77. The van der Waals surface area contributed by atoms with Gasteiger partial charge in [-0.15, -0.1) is 0 Å². The Morgan fingerprint density at radius 2 is 2.00 bits per heavy atom. The van der Waals surface area contributed by atoms with Crippen molar-refractivity contribution < 1.29 is 17.0 Å². The first-order valence-electron chi connectivity index (χ1n) is 1.68. The molecule has 0 atom stereocenters. The number of hydrogen-bond donors (Lipinski definition) is 0. The summed E-state index contributed by atoms with van der Waals surface area (Å²) in [5, 5.41) is 7.99. The maximum atomic E-state index is 7.99. The van der Waals surface area contributed by atoms with Crippen LogP contribution in [0.4, 0.5) is 0 Å². The lowest BCUT2D eigenvalue weighted by atomic mass is 10.9. The van der Waals surface area contributed by atoms with E-state index in [-0.39, 0.29) is 17.0 Å². The topological polar surface area (TPSA) is 23.8 Å². The zero-order valence-corrected chi connectivity index (χ0v) is 6.84. The Kier molecular flexibility index (Phi) is 9.33. The first-order valence-corrected chi connectivity index (χ1v) is 3.89. The summed E-state index contributed by atoms with van der Waals surface area (Å²) < 4.78 is 0. The van der Waals surface area contributed by atoms with E-state index in [4.69, 9.17) is 5.26 Å². The molecule has 7 heavy (non-hydrogen) atoms. The lowest BCUT2D eigenvalue weighted by molar-refractivity contribution is -0.00000170. The van der Waals surface area contributed by atoms with E-state index in [0.29, 0.717) is 16.6 Å². The van der Waals surface area contributed by atoms with Crippen molar-refractivity contribution in [2.45, 2.75) is 0 Å². The zero-order valence-electron chi connectivity index (χ0n) is 4.44. The fraction of sp³-hybridized carbons (Fsp3) is 0.750. The molecular formula is C4H8BrNS. The van der Waals surface area contributed by atoms with Crippen LogP contribution in [0.1, 0.15) is 0 Å². The molecule has 0 aliphatic rings. The number of rotatable bonds is 1. The zero-order chi connectivity index (χ0) is 4.99. The SMILES string of the molecule is C[S+](C)CC#N.[Br-]. The lowest BCUT2D eigenvalue weighted by Crippen LogP contribution is -3.00. The smallest absolute Gasteiger partial charge is 0.192 e. The van der Waals surface area contributed by atoms with Gasteiger partial charge in [-0.05, 0) is 10.9 Å². The van der Waals surface area contributed by atoms with E-state index >= 15 is 0 Å². The van der Waals surface area contributed by atoms with Crippen LogP contribution in [0, 0.1) is 11.3 Å². The third-order valence-electron chi connectivity index (χ3n) is 0.353. The highest BCUT2D eigenvalue weighted by Gasteiger charge is 1.95. The Labute approximate surface area is 57.8 Å². The van der Waals surface area contributed by atoms with Gasteiger partial charge in [0, 0.05) is 0 Å². The Hall–Kier alpha value is 0.320. The van der Waals surface area contributed by atoms with Crippen LogP contribution >= 0.6 is 0 Å². The van der Waals surface area contributed by atoms with Gasteiger partial charge in [-0.3, -0.25) is 0 Å². The van der Waals surface area contributed by atoms with Crippen LogP contribution in [0.5, 0.6) is 0 Å². The van der Waals surface area contributed by atoms with Crippen molar-refractivity contribution in [3.63, 3.8) is 0 Å². The highest BCUT2D eigenvalue weighted by Crippen LogP contribution is 1.77. The van der Waals surface area contributed by atoms with Crippen LogP contribution in [0.25, 0.3) is 0 Å². The van der Waals surface area contributed by atoms with E-state index < -0.39 is 0 Å². The molecule has 0 amide bonds. The average molecular weight is 182 g/mol. The lowest BCUT2D eigenvalue weighted by Gasteiger charge is -1.79. The molecule has 0 unspecified atom stereocenters. The van der Waals surface area contributed by atoms with Gasteiger partial charge in [0.1, 0.15) is 6.07 Å². The van der Waals surface area contributed by atoms with Gasteiger partial charge in [-0.25, -0.2) is 0 Å². The van der Waals surface area contributed by atoms with Gasteiger partial charge in [0.2, 0.25) is 0 Å². The number of nitrogens with zero attached hydrogens (tertiary/aromatic N) is 1. The predicted molar refractivity (Wildman–Crippen MR) is 29.7 cm³/mol. The molecule has 0 bridgehead atoms. The first kappa shape index (κ1) is 10.3. The standard InChI is InChI=1S/C4H8NS.BrH/c1-6(2)4-3-5;/h4H2,1-2H3;1H/q+1;/p-1. The number of halogens is 1. The summed E-state index contributed by atoms with van der Waals surface area (Å²) in [4.78, 5) is 0. The fourth-order valence-electron chi connectivity index (χ4n) is 0.129. The molecule has 0 spiro atoms. The van der Waals surface area contributed by atoms with Gasteiger partial charge in [0.15, 0.2) is 5.75 Å². The molecule has 0 aromatic rings. The van der Waals surface area contributed by atoms with Gasteiger partial charge in [0.05, 0.1) is 12.5 Å². The molecule has 0 aliphatic carbocycles. The summed E-state index contributed by atoms with van der Waals surface area (Å²) in [5.41, 5.74) is 0. The van der Waals surface area contributed by atoms with Gasteiger partial charge in [0.25, 0.3) is 0 Å². The third-order valence-corrected chi connectivity index (χ3v) is 1.06. The second-order valence-electron chi connectivity index (χ2n) is 1.29. The second-order valence-corrected chi connectivity index (χ2v) is 3.55. The maximum Gasteiger partial charge on any atom is 0.192 e. The van der Waals surface area contributed by atoms with Crippen LogP contribution in [0.3, 0.4) is 0 Å². The molecule has 0 rings (SSSR count). The van der Waals surface area contributed by atoms with Crippen LogP contribution in [0.15, 0.2) is 0 Å². The number of nitriles is 1. The molecule has 0 aromatic heterocycles. The van der Waals surface area contributed by atoms with Crippen LogP contribution in [0.2, 0.25) is 0 Å². The molecule has 0 saturated carbocycles. The summed E-state index contributed by atoms with van der Waals surface area (Å²) in [6.07, 6.45) is 4.12. The quantitative estimate of drug-likeness (QED) is 0.408. The van der Waals surface area contributed by atoms with E-state index in [1.165, 1.54) is 0 Å². The summed E-state index contributed by atoms with van der Waals surface area (Å²) >= 11 is 0. The van der Waals surface area contributed by atoms with Crippen molar-refractivity contribution >= 4 is 10.9 Å². The molecule has 0 radical (unpaired) electrons. The summed E-state index contributed by atoms with van der Waals surface area (Å²) in [7, 11) is 0.323. The van der Waals surface area contributed by atoms with Crippen molar-refractivity contribution in [1.82, 2.24) is 0 Å². The monoisotopic (exact) mass is 181 g/mol. The van der Waals surface area contributed by atoms with Crippen molar-refractivity contribution in [3.05, 3.63) is 0 Å². The Balaban J connectivity index is 0. The van der Waals surface area contributed by atoms with Gasteiger partial charge in [-0.1, -0.05) is 0 Å². The van der Waals surface area contributed by atoms with Crippen molar-refractivity contribution in [1.29, 1.82) is 5.26 Å². The Morgan fingerprint density at radius 1 is 1.57 bits per heavy atom. The molecule has 0 aromatic carbocycles. The largest absolute Gasteiger partial charge is 1.00 e. The molecule has 0 heterocycles. The Morgan fingerprint density at radius 3 is 2.00 bits per heavy atom. The van der Waals surface area contributed by atoms with Gasteiger partial charge < -0.3 is 17.0 Å². The molecule has 0 aliphatic heterocycles. The second kappa shape index (κ2) is 6.32. The minimum absolute atomic E-state index is 0. The van der Waals surface area contributed by atoms with Gasteiger partial charge in [-0.2, -0.15) is 5.26 Å². The van der Waals surface area contributed by atoms with E-state index in [2.05, 4.69) is 18.6 Å². The maximum absolute atomic E-state index is 7.99. The van der Waals surface area contributed by atoms with Crippen LogP contribution in [-0.2, 0) is 10.9 Å². The summed E-state index contributed by atoms with van der Waals surface area (Å²) in [5.74, 6) is 0.708. The third kappa shape index (κ3) is 10.7. The normalized spacial score (nSPS) is 7.14. The van der Waals surface area contributed by atoms with Crippen molar-refractivity contribution in [2.24, 2.45) is 0 Å².